The second-order valence-electron chi connectivity index (χ2n) is 6.67. The van der Waals surface area contributed by atoms with Gasteiger partial charge in [-0.3, -0.25) is 0 Å². The van der Waals surface area contributed by atoms with Gasteiger partial charge in [-0.2, -0.15) is 0 Å². The molecular formula is C21H20ClF3O6. The van der Waals surface area contributed by atoms with Crippen LogP contribution in [0.2, 0.25) is 5.02 Å². The Balaban J connectivity index is 1.58. The van der Waals surface area contributed by atoms with Crippen molar-refractivity contribution in [3.8, 4) is 5.75 Å². The maximum atomic E-state index is 13.3. The van der Waals surface area contributed by atoms with Crippen molar-refractivity contribution >= 4 is 17.6 Å². The Hall–Kier alpha value is -2.17. The lowest BCUT2D eigenvalue weighted by molar-refractivity contribution is -0.230. The summed E-state index contributed by atoms with van der Waals surface area (Å²) < 4.78 is 66.4. The molecule has 0 unspecified atom stereocenters. The van der Waals surface area contributed by atoms with Crippen molar-refractivity contribution in [2.24, 2.45) is 0 Å². The fraction of sp³-hybridized carbons (Fsp3) is 0.381. The molecule has 0 bridgehead atoms. The lowest BCUT2D eigenvalue weighted by Gasteiger charge is -2.29. The van der Waals surface area contributed by atoms with E-state index in [-0.39, 0.29) is 16.7 Å². The lowest BCUT2D eigenvalue weighted by Crippen LogP contribution is -2.34. The zero-order valence-corrected chi connectivity index (χ0v) is 17.3. The summed E-state index contributed by atoms with van der Waals surface area (Å²) in [6.07, 6.45) is -0.128. The van der Waals surface area contributed by atoms with Crippen molar-refractivity contribution in [1.82, 2.24) is 0 Å². The van der Waals surface area contributed by atoms with Crippen molar-refractivity contribution in [3.63, 3.8) is 0 Å². The van der Waals surface area contributed by atoms with Crippen LogP contribution in [0.5, 0.6) is 5.75 Å². The minimum atomic E-state index is -1.66. The minimum Gasteiger partial charge on any atom is -0.423 e. The van der Waals surface area contributed by atoms with E-state index in [9.17, 15) is 18.0 Å². The second-order valence-corrected chi connectivity index (χ2v) is 7.07. The first kappa shape index (κ1) is 23.5. The molecule has 0 radical (unpaired) electrons. The van der Waals surface area contributed by atoms with Gasteiger partial charge >= 0.3 is 5.97 Å². The molecule has 3 rings (SSSR count). The summed E-state index contributed by atoms with van der Waals surface area (Å²) in [5, 5.41) is 0.0238. The number of methoxy groups -OCH3 is 1. The monoisotopic (exact) mass is 460 g/mol. The van der Waals surface area contributed by atoms with E-state index in [1.54, 1.807) is 13.2 Å². The average Bonchev–Trinajstić information content (AvgIpc) is 2.75. The highest BCUT2D eigenvalue weighted by molar-refractivity contribution is 6.33. The predicted molar refractivity (Wildman–Crippen MR) is 104 cm³/mol. The second kappa shape index (κ2) is 10.9. The molecule has 0 aliphatic carbocycles. The van der Waals surface area contributed by atoms with Crippen LogP contribution in [0.3, 0.4) is 0 Å². The highest BCUT2D eigenvalue weighted by atomic mass is 35.5. The molecule has 1 aliphatic rings. The normalized spacial score (nSPS) is 18.7. The molecule has 0 saturated carbocycles. The van der Waals surface area contributed by atoms with Crippen molar-refractivity contribution < 1.29 is 41.7 Å². The number of benzene rings is 2. The minimum absolute atomic E-state index is 0.0238. The van der Waals surface area contributed by atoms with Gasteiger partial charge in [0.1, 0.15) is 11.9 Å². The summed E-state index contributed by atoms with van der Waals surface area (Å²) >= 11 is 6.17. The molecule has 2 aromatic rings. The number of carbonyl (C=O) groups is 1. The highest BCUT2D eigenvalue weighted by Gasteiger charge is 2.25. The van der Waals surface area contributed by atoms with Crippen molar-refractivity contribution in [3.05, 3.63) is 63.9 Å². The van der Waals surface area contributed by atoms with Crippen molar-refractivity contribution in [1.29, 1.82) is 0 Å². The van der Waals surface area contributed by atoms with E-state index in [2.05, 4.69) is 0 Å². The quantitative estimate of drug-likeness (QED) is 0.251. The van der Waals surface area contributed by atoms with Crippen LogP contribution >= 0.6 is 11.6 Å². The van der Waals surface area contributed by atoms with Crippen LogP contribution in [0.15, 0.2) is 30.3 Å². The third kappa shape index (κ3) is 6.18. The van der Waals surface area contributed by atoms with E-state index in [0.29, 0.717) is 44.1 Å². The maximum Gasteiger partial charge on any atom is 0.345 e. The molecule has 0 aromatic heterocycles. The molecule has 31 heavy (non-hydrogen) atoms. The van der Waals surface area contributed by atoms with Gasteiger partial charge in [-0.15, -0.1) is 0 Å². The van der Waals surface area contributed by atoms with E-state index in [0.717, 1.165) is 6.42 Å². The molecule has 6 nitrogen and oxygen atoms in total. The van der Waals surface area contributed by atoms with Gasteiger partial charge in [-0.05, 0) is 18.6 Å². The van der Waals surface area contributed by atoms with Gasteiger partial charge in [0, 0.05) is 38.0 Å². The molecule has 0 atom stereocenters. The Labute approximate surface area is 181 Å². The van der Waals surface area contributed by atoms with Crippen molar-refractivity contribution in [2.75, 3.05) is 33.5 Å². The molecule has 0 amide bonds. The summed E-state index contributed by atoms with van der Waals surface area (Å²) in [6, 6.07) is 5.52. The standard InChI is InChI=1S/C21H20ClF3O6/c1-27-5-2-6-28-14-10-29-21(30-11-14)12-3-4-15(16(22)7-12)20(26)31-13-8-17(23)19(25)18(24)9-13/h3-4,7-9,14,21H,2,5-6,10-11H2,1H3. The molecule has 1 heterocycles. The third-order valence-corrected chi connectivity index (χ3v) is 4.68. The first-order valence-electron chi connectivity index (χ1n) is 9.39. The van der Waals surface area contributed by atoms with E-state index in [1.807, 2.05) is 0 Å². The molecule has 168 valence electrons. The molecule has 1 aliphatic heterocycles. The fourth-order valence-electron chi connectivity index (χ4n) is 2.82. The Morgan fingerprint density at radius 3 is 2.39 bits per heavy atom. The average molecular weight is 461 g/mol. The van der Waals surface area contributed by atoms with Crippen LogP contribution in [0.25, 0.3) is 0 Å². The molecule has 0 N–H and O–H groups in total. The summed E-state index contributed by atoms with van der Waals surface area (Å²) in [6.45, 7) is 1.78. The molecule has 1 fully saturated rings. The zero-order valence-electron chi connectivity index (χ0n) is 16.5. The highest BCUT2D eigenvalue weighted by Crippen LogP contribution is 2.29. The van der Waals surface area contributed by atoms with E-state index < -0.39 is 35.5 Å². The number of rotatable bonds is 8. The van der Waals surface area contributed by atoms with Crippen LogP contribution < -0.4 is 4.74 Å². The molecule has 2 aromatic carbocycles. The number of hydrogen-bond acceptors (Lipinski definition) is 6. The van der Waals surface area contributed by atoms with Gasteiger partial charge in [-0.1, -0.05) is 17.7 Å². The van der Waals surface area contributed by atoms with E-state index in [1.165, 1.54) is 12.1 Å². The molecular weight excluding hydrogens is 441 g/mol. The summed E-state index contributed by atoms with van der Waals surface area (Å²) in [4.78, 5) is 12.3. The van der Waals surface area contributed by atoms with Crippen LogP contribution in [0.1, 0.15) is 28.6 Å². The van der Waals surface area contributed by atoms with Gasteiger partial charge in [-0.25, -0.2) is 18.0 Å². The van der Waals surface area contributed by atoms with Gasteiger partial charge in [0.25, 0.3) is 0 Å². The van der Waals surface area contributed by atoms with Crippen LogP contribution in [-0.4, -0.2) is 45.6 Å². The van der Waals surface area contributed by atoms with Gasteiger partial charge in [0.15, 0.2) is 23.7 Å². The summed E-state index contributed by atoms with van der Waals surface area (Å²) in [5.41, 5.74) is 0.518. The predicted octanol–water partition coefficient (Wildman–Crippen LogP) is 4.44. The Bertz CT molecular complexity index is 895. The first-order valence-corrected chi connectivity index (χ1v) is 9.76. The Kier molecular flexibility index (Phi) is 8.28. The zero-order chi connectivity index (χ0) is 22.4. The van der Waals surface area contributed by atoms with Crippen LogP contribution in [0.4, 0.5) is 13.2 Å². The number of halogens is 4. The Morgan fingerprint density at radius 1 is 1.10 bits per heavy atom. The SMILES string of the molecule is COCCCOC1COC(c2ccc(C(=O)Oc3cc(F)c(F)c(F)c3)c(Cl)c2)OC1. The number of hydrogen-bond donors (Lipinski definition) is 0. The largest absolute Gasteiger partial charge is 0.423 e. The summed E-state index contributed by atoms with van der Waals surface area (Å²) in [5.74, 6) is -6.06. The van der Waals surface area contributed by atoms with Gasteiger partial charge in [0.05, 0.1) is 23.8 Å². The molecule has 1 saturated heterocycles. The van der Waals surface area contributed by atoms with Crippen molar-refractivity contribution in [2.45, 2.75) is 18.8 Å². The third-order valence-electron chi connectivity index (χ3n) is 4.37. The smallest absolute Gasteiger partial charge is 0.345 e. The fourth-order valence-corrected chi connectivity index (χ4v) is 3.09. The molecule has 10 heteroatoms. The molecule has 0 spiro atoms. The topological polar surface area (TPSA) is 63.2 Å². The number of esters is 1. The van der Waals surface area contributed by atoms with Crippen LogP contribution in [0, 0.1) is 17.5 Å². The van der Waals surface area contributed by atoms with Crippen LogP contribution in [-0.2, 0) is 18.9 Å². The van der Waals surface area contributed by atoms with Gasteiger partial charge in [0.2, 0.25) is 0 Å². The maximum absolute atomic E-state index is 13.3. The first-order chi connectivity index (χ1) is 14.9. The van der Waals surface area contributed by atoms with E-state index in [4.69, 9.17) is 35.3 Å². The van der Waals surface area contributed by atoms with E-state index >= 15 is 0 Å². The summed E-state index contributed by atoms with van der Waals surface area (Å²) in [7, 11) is 1.62. The number of ether oxygens (including phenoxy) is 5. The Morgan fingerprint density at radius 2 is 1.77 bits per heavy atom. The lowest BCUT2D eigenvalue weighted by atomic mass is 10.1. The number of carbonyl (C=O) groups excluding carboxylic acids is 1. The van der Waals surface area contributed by atoms with Gasteiger partial charge < -0.3 is 23.7 Å².